The second-order valence-electron chi connectivity index (χ2n) is 8.67. The van der Waals surface area contributed by atoms with Crippen LogP contribution in [0.1, 0.15) is 48.8 Å². The van der Waals surface area contributed by atoms with Gasteiger partial charge in [-0.1, -0.05) is 60.7 Å². The van der Waals surface area contributed by atoms with Crippen LogP contribution in [0.2, 0.25) is 0 Å². The summed E-state index contributed by atoms with van der Waals surface area (Å²) in [5.41, 5.74) is 10.0. The minimum atomic E-state index is -0.196. The number of hydrogen-bond acceptors (Lipinski definition) is 3. The molecule has 5 nitrogen and oxygen atoms in total. The van der Waals surface area contributed by atoms with Gasteiger partial charge in [-0.3, -0.25) is 4.79 Å². The highest BCUT2D eigenvalue weighted by Crippen LogP contribution is 2.30. The molecule has 0 unspecified atom stereocenters. The molecular weight excluding hydrogens is 384 g/mol. The molecule has 0 radical (unpaired) electrons. The second kappa shape index (κ2) is 9.92. The molecule has 0 spiro atoms. The number of benzene rings is 2. The van der Waals surface area contributed by atoms with Crippen LogP contribution in [0.15, 0.2) is 60.7 Å². The number of carbonyl (C=O) groups is 1. The van der Waals surface area contributed by atoms with Gasteiger partial charge >= 0.3 is 0 Å². The van der Waals surface area contributed by atoms with Gasteiger partial charge in [0.1, 0.15) is 5.82 Å². The van der Waals surface area contributed by atoms with Crippen molar-refractivity contribution in [3.05, 3.63) is 77.7 Å². The van der Waals surface area contributed by atoms with Gasteiger partial charge in [-0.05, 0) is 57.1 Å². The Kier molecular flexibility index (Phi) is 6.82. The molecule has 162 valence electrons. The van der Waals surface area contributed by atoms with Gasteiger partial charge in [-0.15, -0.1) is 0 Å². The summed E-state index contributed by atoms with van der Waals surface area (Å²) in [5, 5.41) is 3.31. The van der Waals surface area contributed by atoms with Crippen molar-refractivity contribution < 1.29 is 4.79 Å². The Labute approximate surface area is 184 Å². The van der Waals surface area contributed by atoms with Gasteiger partial charge in [0.05, 0.1) is 11.7 Å². The van der Waals surface area contributed by atoms with Gasteiger partial charge < -0.3 is 16.0 Å². The van der Waals surface area contributed by atoms with E-state index in [1.54, 1.807) is 0 Å². The number of carbonyl (C=O) groups excluding carboxylic acids is 1. The number of aryl methyl sites for hydroxylation is 1. The third kappa shape index (κ3) is 5.23. The Morgan fingerprint density at radius 2 is 1.71 bits per heavy atom. The fraction of sp³-hybridized carbons (Fsp3) is 0.385. The molecule has 1 atom stereocenters. The summed E-state index contributed by atoms with van der Waals surface area (Å²) in [7, 11) is 0. The fourth-order valence-electron chi connectivity index (χ4n) is 4.54. The molecule has 1 heterocycles. The van der Waals surface area contributed by atoms with Crippen molar-refractivity contribution in [3.63, 3.8) is 0 Å². The highest BCUT2D eigenvalue weighted by molar-refractivity contribution is 5.79. The van der Waals surface area contributed by atoms with Crippen molar-refractivity contribution in [1.29, 1.82) is 0 Å². The minimum Gasteiger partial charge on any atom is -0.346 e. The largest absolute Gasteiger partial charge is 0.346 e. The topological polar surface area (TPSA) is 83.8 Å². The lowest BCUT2D eigenvalue weighted by Crippen LogP contribution is -2.37. The maximum atomic E-state index is 13.1. The normalized spacial score (nSPS) is 19.7. The maximum Gasteiger partial charge on any atom is 0.223 e. The molecule has 1 amide bonds. The van der Waals surface area contributed by atoms with E-state index in [9.17, 15) is 4.79 Å². The Balaban J connectivity index is 1.56. The smallest absolute Gasteiger partial charge is 0.223 e. The fourth-order valence-corrected chi connectivity index (χ4v) is 4.54. The van der Waals surface area contributed by atoms with Crippen molar-refractivity contribution in [2.45, 2.75) is 45.1 Å². The number of nitrogens with one attached hydrogen (secondary N) is 2. The van der Waals surface area contributed by atoms with Crippen LogP contribution < -0.4 is 11.1 Å². The zero-order chi connectivity index (χ0) is 21.6. The molecule has 31 heavy (non-hydrogen) atoms. The predicted molar refractivity (Wildman–Crippen MR) is 124 cm³/mol. The maximum absolute atomic E-state index is 13.1. The third-order valence-electron chi connectivity index (χ3n) is 6.43. The molecule has 0 bridgehead atoms. The van der Waals surface area contributed by atoms with Crippen LogP contribution >= 0.6 is 0 Å². The Hall–Kier alpha value is -2.92. The minimum absolute atomic E-state index is 0.0609. The quantitative estimate of drug-likeness (QED) is 0.528. The van der Waals surface area contributed by atoms with E-state index in [-0.39, 0.29) is 17.9 Å². The third-order valence-corrected chi connectivity index (χ3v) is 6.43. The van der Waals surface area contributed by atoms with Crippen LogP contribution in [0.5, 0.6) is 0 Å². The lowest BCUT2D eigenvalue weighted by atomic mass is 9.81. The molecule has 0 saturated heterocycles. The zero-order valence-corrected chi connectivity index (χ0v) is 18.2. The summed E-state index contributed by atoms with van der Waals surface area (Å²) in [5.74, 6) is 1.56. The van der Waals surface area contributed by atoms with Gasteiger partial charge in [0.25, 0.3) is 0 Å². The molecule has 0 aliphatic heterocycles. The number of aromatic nitrogens is 2. The van der Waals surface area contributed by atoms with Crippen molar-refractivity contribution in [2.75, 3.05) is 6.54 Å². The van der Waals surface area contributed by atoms with E-state index < -0.39 is 0 Å². The first-order valence-electron chi connectivity index (χ1n) is 11.3. The number of rotatable bonds is 7. The van der Waals surface area contributed by atoms with E-state index in [4.69, 9.17) is 10.7 Å². The zero-order valence-electron chi connectivity index (χ0n) is 18.2. The average Bonchev–Trinajstić information content (AvgIpc) is 3.21. The summed E-state index contributed by atoms with van der Waals surface area (Å²) in [6.45, 7) is 2.76. The van der Waals surface area contributed by atoms with E-state index >= 15 is 0 Å². The van der Waals surface area contributed by atoms with Crippen molar-refractivity contribution in [1.82, 2.24) is 15.3 Å². The van der Waals surface area contributed by atoms with Crippen LogP contribution in [0, 0.1) is 18.8 Å². The van der Waals surface area contributed by atoms with E-state index in [1.165, 1.54) is 5.56 Å². The average molecular weight is 417 g/mol. The Morgan fingerprint density at radius 3 is 2.35 bits per heavy atom. The highest BCUT2D eigenvalue weighted by Gasteiger charge is 2.28. The molecular formula is C26H32N4O. The first-order chi connectivity index (χ1) is 15.1. The molecule has 1 aromatic heterocycles. The first-order valence-corrected chi connectivity index (χ1v) is 11.3. The van der Waals surface area contributed by atoms with Gasteiger partial charge in [0, 0.05) is 17.2 Å². The van der Waals surface area contributed by atoms with Crippen LogP contribution in [-0.4, -0.2) is 22.4 Å². The Morgan fingerprint density at radius 1 is 1.06 bits per heavy atom. The molecule has 1 saturated carbocycles. The second-order valence-corrected chi connectivity index (χ2v) is 8.67. The number of nitrogens with zero attached hydrogens (tertiary/aromatic N) is 1. The lowest BCUT2D eigenvalue weighted by molar-refractivity contribution is -0.127. The SMILES string of the molecule is Cc1[nH]c([C@H](Cc2ccccc2)NC(=O)C2CCC(CN)CC2)nc1-c1ccccc1. The summed E-state index contributed by atoms with van der Waals surface area (Å²) in [4.78, 5) is 21.5. The van der Waals surface area contributed by atoms with E-state index in [2.05, 4.69) is 34.6 Å². The molecule has 5 heteroatoms. The van der Waals surface area contributed by atoms with Crippen LogP contribution in [0.3, 0.4) is 0 Å². The highest BCUT2D eigenvalue weighted by atomic mass is 16.1. The summed E-state index contributed by atoms with van der Waals surface area (Å²) in [6, 6.07) is 20.2. The number of amides is 1. The van der Waals surface area contributed by atoms with Crippen molar-refractivity contribution in [2.24, 2.45) is 17.6 Å². The first kappa shape index (κ1) is 21.3. The van der Waals surface area contributed by atoms with Crippen molar-refractivity contribution >= 4 is 5.91 Å². The molecule has 1 aliphatic rings. The summed E-state index contributed by atoms with van der Waals surface area (Å²) < 4.78 is 0. The standard InChI is InChI=1S/C26H32N4O/c1-18-24(21-10-6-3-7-11-21)30-25(28-18)23(16-19-8-4-2-5-9-19)29-26(31)22-14-12-20(17-27)13-15-22/h2-11,20,22-23H,12-17,27H2,1H3,(H,28,30)(H,29,31)/t20?,22?,23-/m0/s1. The molecule has 3 aromatic rings. The van der Waals surface area contributed by atoms with Gasteiger partial charge in [-0.2, -0.15) is 0 Å². The summed E-state index contributed by atoms with van der Waals surface area (Å²) >= 11 is 0. The van der Waals surface area contributed by atoms with Crippen LogP contribution in [0.25, 0.3) is 11.3 Å². The molecule has 2 aromatic carbocycles. The molecule has 4 rings (SSSR count). The molecule has 1 fully saturated rings. The summed E-state index contributed by atoms with van der Waals surface area (Å²) in [6.07, 6.45) is 4.61. The van der Waals surface area contributed by atoms with E-state index in [1.807, 2.05) is 43.3 Å². The van der Waals surface area contributed by atoms with E-state index in [0.717, 1.165) is 55.0 Å². The Bertz CT molecular complexity index is 975. The monoisotopic (exact) mass is 416 g/mol. The number of hydrogen-bond donors (Lipinski definition) is 3. The molecule has 4 N–H and O–H groups in total. The number of nitrogens with two attached hydrogens (primary N) is 1. The number of H-pyrrole nitrogens is 1. The van der Waals surface area contributed by atoms with Gasteiger partial charge in [-0.25, -0.2) is 4.98 Å². The predicted octanol–water partition coefficient (Wildman–Crippen LogP) is 4.55. The lowest BCUT2D eigenvalue weighted by Gasteiger charge is -2.28. The van der Waals surface area contributed by atoms with Crippen molar-refractivity contribution in [3.8, 4) is 11.3 Å². The number of aromatic amines is 1. The number of imidazole rings is 1. The molecule has 1 aliphatic carbocycles. The van der Waals surface area contributed by atoms with Gasteiger partial charge in [0.15, 0.2) is 0 Å². The van der Waals surface area contributed by atoms with Crippen LogP contribution in [-0.2, 0) is 11.2 Å². The van der Waals surface area contributed by atoms with Crippen LogP contribution in [0.4, 0.5) is 0 Å². The van der Waals surface area contributed by atoms with E-state index in [0.29, 0.717) is 12.3 Å². The van der Waals surface area contributed by atoms with Gasteiger partial charge in [0.2, 0.25) is 5.91 Å².